The van der Waals surface area contributed by atoms with Gasteiger partial charge in [0.2, 0.25) is 0 Å². The van der Waals surface area contributed by atoms with Gasteiger partial charge in [-0.05, 0) is 80.8 Å². The highest BCUT2D eigenvalue weighted by Gasteiger charge is 2.29. The molecule has 0 bridgehead atoms. The van der Waals surface area contributed by atoms with Crippen molar-refractivity contribution in [2.24, 2.45) is 5.73 Å². The van der Waals surface area contributed by atoms with Crippen LogP contribution in [0.25, 0.3) is 0 Å². The molecule has 0 unspecified atom stereocenters. The van der Waals surface area contributed by atoms with Gasteiger partial charge in [-0.25, -0.2) is 31.1 Å². The number of aryl methyl sites for hydroxylation is 2. The first-order chi connectivity index (χ1) is 24.1. The standard InChI is InChI=1S/C17H14BrClF3N3O2.C9H14N2.C7H2BrClF3NO/c1-6(2)14-15(7(3)4-5-23-14)24-17(27)25-16(26)8-9(18)12(21)10(19)13(22)11(8)20;1-6(2)9-8(10)7(3)4-5-11-9;8-2-1(7(13)14)4(10)6(12)3(9)5(2)11/h4-6H,1-3H3,(H2,24,25,26,27);4-6H,10H2,1-3H3;(H2,13,14). The third kappa shape index (κ3) is 10.1. The minimum atomic E-state index is -1.73. The molecule has 0 fully saturated rings. The zero-order valence-electron chi connectivity index (χ0n) is 28.0. The molecule has 6 N–H and O–H groups in total. The third-order valence-corrected chi connectivity index (χ3v) is 9.03. The number of hydrogen-bond donors (Lipinski definition) is 4. The number of nitrogen functional groups attached to an aromatic ring is 1. The van der Waals surface area contributed by atoms with Gasteiger partial charge >= 0.3 is 6.03 Å². The van der Waals surface area contributed by atoms with E-state index in [0.717, 1.165) is 16.9 Å². The van der Waals surface area contributed by atoms with Crippen LogP contribution in [0.4, 0.5) is 42.5 Å². The van der Waals surface area contributed by atoms with Crippen molar-refractivity contribution in [3.8, 4) is 0 Å². The summed E-state index contributed by atoms with van der Waals surface area (Å²) < 4.78 is 78.9. The van der Waals surface area contributed by atoms with Gasteiger partial charge in [-0.2, -0.15) is 0 Å². The molecule has 0 saturated heterocycles. The van der Waals surface area contributed by atoms with Crippen molar-refractivity contribution in [2.45, 2.75) is 53.4 Å². The zero-order chi connectivity index (χ0) is 39.9. The molecule has 0 aliphatic rings. The van der Waals surface area contributed by atoms with E-state index in [9.17, 15) is 40.7 Å². The van der Waals surface area contributed by atoms with Crippen LogP contribution in [0.2, 0.25) is 10.0 Å². The molecular formula is C33H30Br2Cl2F6N6O3. The largest absolute Gasteiger partial charge is 0.397 e. The van der Waals surface area contributed by atoms with E-state index in [1.54, 1.807) is 25.4 Å². The fraction of sp³-hybridized carbons (Fsp3) is 0.242. The molecule has 0 spiro atoms. The molecular weight excluding hydrogens is 873 g/mol. The van der Waals surface area contributed by atoms with E-state index in [-0.39, 0.29) is 5.92 Å². The normalized spacial score (nSPS) is 10.7. The lowest BCUT2D eigenvalue weighted by molar-refractivity contribution is 0.0958. The number of halogens is 10. The molecule has 2 heterocycles. The van der Waals surface area contributed by atoms with Crippen molar-refractivity contribution in [2.75, 3.05) is 11.1 Å². The average molecular weight is 903 g/mol. The van der Waals surface area contributed by atoms with E-state index in [4.69, 9.17) is 34.7 Å². The minimum absolute atomic E-state index is 0.0260. The van der Waals surface area contributed by atoms with Crippen molar-refractivity contribution in [1.82, 2.24) is 15.3 Å². The Morgan fingerprint density at radius 1 is 0.712 bits per heavy atom. The highest BCUT2D eigenvalue weighted by Crippen LogP contribution is 2.34. The van der Waals surface area contributed by atoms with Crippen molar-refractivity contribution in [3.63, 3.8) is 0 Å². The summed E-state index contributed by atoms with van der Waals surface area (Å²) in [5.41, 5.74) is 13.2. The fourth-order valence-corrected chi connectivity index (χ4v) is 5.87. The molecule has 52 heavy (non-hydrogen) atoms. The molecule has 4 rings (SSSR count). The van der Waals surface area contributed by atoms with Gasteiger partial charge in [-0.15, -0.1) is 0 Å². The molecule has 280 valence electrons. The second-order valence-electron chi connectivity index (χ2n) is 11.3. The van der Waals surface area contributed by atoms with Crippen LogP contribution >= 0.6 is 55.1 Å². The SMILES string of the molecule is Cc1ccnc(C(C)C)c1N.Cc1ccnc(C(C)C)c1NC(=O)NC(=O)c1c(F)c(F)c(Cl)c(F)c1Br.NC(=O)c1c(F)c(F)c(Cl)c(F)c1Br. The number of pyridine rings is 2. The topological polar surface area (TPSA) is 153 Å². The van der Waals surface area contributed by atoms with Crippen LogP contribution in [-0.4, -0.2) is 27.8 Å². The van der Waals surface area contributed by atoms with Gasteiger partial charge in [0.25, 0.3) is 11.8 Å². The average Bonchev–Trinajstić information content (AvgIpc) is 3.07. The lowest BCUT2D eigenvalue weighted by Gasteiger charge is -2.16. The van der Waals surface area contributed by atoms with Crippen LogP contribution in [0.3, 0.4) is 0 Å². The lowest BCUT2D eigenvalue weighted by atomic mass is 10.1. The van der Waals surface area contributed by atoms with Gasteiger partial charge in [0.15, 0.2) is 34.9 Å². The number of urea groups is 1. The lowest BCUT2D eigenvalue weighted by Crippen LogP contribution is -2.36. The molecule has 19 heteroatoms. The fourth-order valence-electron chi connectivity index (χ4n) is 4.17. The maximum absolute atomic E-state index is 14.0. The van der Waals surface area contributed by atoms with Crippen molar-refractivity contribution in [3.05, 3.63) is 112 Å². The van der Waals surface area contributed by atoms with E-state index in [0.29, 0.717) is 22.9 Å². The van der Waals surface area contributed by atoms with E-state index in [1.165, 1.54) is 0 Å². The predicted molar refractivity (Wildman–Crippen MR) is 194 cm³/mol. The molecule has 2 aromatic carbocycles. The van der Waals surface area contributed by atoms with Gasteiger partial charge in [-0.3, -0.25) is 24.9 Å². The summed E-state index contributed by atoms with van der Waals surface area (Å²) in [4.78, 5) is 43.4. The number of anilines is 2. The summed E-state index contributed by atoms with van der Waals surface area (Å²) in [5.74, 6) is -11.5. The number of aromatic nitrogens is 2. The Labute approximate surface area is 321 Å². The smallest absolute Gasteiger partial charge is 0.326 e. The second-order valence-corrected chi connectivity index (χ2v) is 13.6. The van der Waals surface area contributed by atoms with Gasteiger partial charge in [0.1, 0.15) is 10.0 Å². The van der Waals surface area contributed by atoms with Gasteiger partial charge in [0, 0.05) is 12.4 Å². The predicted octanol–water partition coefficient (Wildman–Crippen LogP) is 10.0. The Hall–Kier alpha value is -3.93. The van der Waals surface area contributed by atoms with E-state index < -0.39 is 82.9 Å². The number of primary amides is 1. The summed E-state index contributed by atoms with van der Waals surface area (Å²) >= 11 is 15.6. The Kier molecular flexibility index (Phi) is 15.9. The zero-order valence-corrected chi connectivity index (χ0v) is 32.7. The van der Waals surface area contributed by atoms with Crippen LogP contribution in [0.5, 0.6) is 0 Å². The maximum atomic E-state index is 14.0. The number of rotatable bonds is 5. The summed E-state index contributed by atoms with van der Waals surface area (Å²) in [6, 6.07) is 2.57. The van der Waals surface area contributed by atoms with Crippen LogP contribution in [-0.2, 0) is 0 Å². The van der Waals surface area contributed by atoms with E-state index in [1.807, 2.05) is 32.2 Å². The summed E-state index contributed by atoms with van der Waals surface area (Å²) in [7, 11) is 0. The molecule has 9 nitrogen and oxygen atoms in total. The number of nitrogens with zero attached hydrogens (tertiary/aromatic N) is 2. The highest BCUT2D eigenvalue weighted by molar-refractivity contribution is 9.10. The van der Waals surface area contributed by atoms with Crippen LogP contribution < -0.4 is 22.1 Å². The number of nitrogens with one attached hydrogen (secondary N) is 2. The third-order valence-electron chi connectivity index (χ3n) is 6.88. The van der Waals surface area contributed by atoms with Crippen molar-refractivity contribution in [1.29, 1.82) is 0 Å². The Morgan fingerprint density at radius 3 is 1.58 bits per heavy atom. The van der Waals surface area contributed by atoms with Gasteiger partial charge in [-0.1, -0.05) is 50.9 Å². The molecule has 0 aliphatic carbocycles. The van der Waals surface area contributed by atoms with Crippen LogP contribution in [0.1, 0.15) is 82.8 Å². The first-order valence-corrected chi connectivity index (χ1v) is 17.0. The quantitative estimate of drug-likeness (QED) is 0.0889. The first-order valence-electron chi connectivity index (χ1n) is 14.7. The number of hydrogen-bond acceptors (Lipinski definition) is 6. The molecule has 4 aromatic rings. The molecule has 0 radical (unpaired) electrons. The number of nitrogens with two attached hydrogens (primary N) is 2. The number of carbonyl (C=O) groups excluding carboxylic acids is 3. The summed E-state index contributed by atoms with van der Waals surface area (Å²) in [6.07, 6.45) is 3.38. The Bertz CT molecular complexity index is 1980. The van der Waals surface area contributed by atoms with Crippen molar-refractivity contribution < 1.29 is 40.7 Å². The molecule has 2 aromatic heterocycles. The molecule has 0 aliphatic heterocycles. The number of carbonyl (C=O) groups is 3. The molecule has 4 amide bonds. The summed E-state index contributed by atoms with van der Waals surface area (Å²) in [6.45, 7) is 11.6. The molecule has 0 atom stereocenters. The summed E-state index contributed by atoms with van der Waals surface area (Å²) in [5, 5.41) is 2.15. The van der Waals surface area contributed by atoms with Gasteiger partial charge in [0.05, 0.1) is 42.8 Å². The van der Waals surface area contributed by atoms with Crippen molar-refractivity contribution >= 4 is 84.3 Å². The maximum Gasteiger partial charge on any atom is 0.326 e. The number of imide groups is 1. The second kappa shape index (κ2) is 18.7. The van der Waals surface area contributed by atoms with Crippen LogP contribution in [0.15, 0.2) is 33.5 Å². The first kappa shape index (κ1) is 44.2. The minimum Gasteiger partial charge on any atom is -0.397 e. The van der Waals surface area contributed by atoms with E-state index >= 15 is 0 Å². The van der Waals surface area contributed by atoms with Crippen LogP contribution in [0, 0.1) is 48.8 Å². The number of benzene rings is 2. The molecule has 0 saturated carbocycles. The number of amides is 4. The van der Waals surface area contributed by atoms with Gasteiger partial charge < -0.3 is 16.8 Å². The highest BCUT2D eigenvalue weighted by atomic mass is 79.9. The Balaban J connectivity index is 0.000000310. The Morgan fingerprint density at radius 2 is 1.13 bits per heavy atom. The monoisotopic (exact) mass is 900 g/mol. The van der Waals surface area contributed by atoms with E-state index in [2.05, 4.69) is 61.0 Å².